The second-order valence-corrected chi connectivity index (χ2v) is 7.11. The van der Waals surface area contributed by atoms with Gasteiger partial charge in [-0.05, 0) is 31.2 Å². The molecule has 0 fully saturated rings. The molecule has 2 heterocycles. The van der Waals surface area contributed by atoms with Gasteiger partial charge in [-0.1, -0.05) is 36.0 Å². The number of amides is 1. The van der Waals surface area contributed by atoms with E-state index in [4.69, 9.17) is 4.42 Å². The van der Waals surface area contributed by atoms with Gasteiger partial charge in [0.1, 0.15) is 11.5 Å². The van der Waals surface area contributed by atoms with Gasteiger partial charge in [0.2, 0.25) is 0 Å². The van der Waals surface area contributed by atoms with Crippen LogP contribution in [0.25, 0.3) is 17.4 Å². The number of hydrogen-bond donors (Lipinski definition) is 1. The van der Waals surface area contributed by atoms with E-state index in [2.05, 4.69) is 5.32 Å². The average molecular weight is 378 g/mol. The summed E-state index contributed by atoms with van der Waals surface area (Å²) in [6.45, 7) is 1.69. The van der Waals surface area contributed by atoms with Gasteiger partial charge in [-0.15, -0.1) is 0 Å². The lowest BCUT2D eigenvalue weighted by Gasteiger charge is -2.17. The van der Waals surface area contributed by atoms with Gasteiger partial charge in [-0.3, -0.25) is 14.9 Å². The van der Waals surface area contributed by atoms with Gasteiger partial charge in [-0.2, -0.15) is 0 Å². The Kier molecular flexibility index (Phi) is 4.29. The minimum Gasteiger partial charge on any atom is -0.457 e. The van der Waals surface area contributed by atoms with Crippen LogP contribution in [-0.4, -0.2) is 10.8 Å². The predicted molar refractivity (Wildman–Crippen MR) is 104 cm³/mol. The van der Waals surface area contributed by atoms with E-state index in [1.54, 1.807) is 37.3 Å². The summed E-state index contributed by atoms with van der Waals surface area (Å²) >= 11 is 1.37. The molecule has 0 aliphatic carbocycles. The number of anilines is 1. The monoisotopic (exact) mass is 378 g/mol. The molecule has 6 nitrogen and oxygen atoms in total. The fourth-order valence-electron chi connectivity index (χ4n) is 2.78. The van der Waals surface area contributed by atoms with E-state index in [0.717, 1.165) is 10.6 Å². The van der Waals surface area contributed by atoms with Crippen LogP contribution < -0.4 is 5.32 Å². The second kappa shape index (κ2) is 6.77. The number of rotatable bonds is 3. The molecule has 27 heavy (non-hydrogen) atoms. The molecule has 0 unspecified atom stereocenters. The topological polar surface area (TPSA) is 85.4 Å². The Morgan fingerprint density at radius 1 is 1.15 bits per heavy atom. The number of nitro groups is 1. The number of nitrogens with zero attached hydrogens (tertiary/aromatic N) is 1. The Morgan fingerprint density at radius 3 is 2.78 bits per heavy atom. The molecule has 0 saturated carbocycles. The molecule has 0 spiro atoms. The third-order valence-electron chi connectivity index (χ3n) is 4.17. The van der Waals surface area contributed by atoms with Crippen LogP contribution >= 0.6 is 11.8 Å². The molecule has 3 aromatic rings. The van der Waals surface area contributed by atoms with Crippen molar-refractivity contribution in [2.45, 2.75) is 11.8 Å². The molecular weight excluding hydrogens is 364 g/mol. The van der Waals surface area contributed by atoms with Crippen molar-refractivity contribution in [3.05, 3.63) is 80.9 Å². The van der Waals surface area contributed by atoms with Crippen LogP contribution in [0.4, 0.5) is 11.4 Å². The minimum absolute atomic E-state index is 0.0441. The van der Waals surface area contributed by atoms with Crippen LogP contribution in [0.5, 0.6) is 0 Å². The lowest BCUT2D eigenvalue weighted by Crippen LogP contribution is -2.16. The lowest BCUT2D eigenvalue weighted by molar-refractivity contribution is -0.385. The van der Waals surface area contributed by atoms with Crippen molar-refractivity contribution in [3.8, 4) is 11.3 Å². The highest BCUT2D eigenvalue weighted by Gasteiger charge is 2.21. The molecule has 0 saturated heterocycles. The minimum atomic E-state index is -0.412. The Balaban J connectivity index is 1.64. The third-order valence-corrected chi connectivity index (χ3v) is 5.27. The van der Waals surface area contributed by atoms with Crippen LogP contribution in [0.1, 0.15) is 11.3 Å². The van der Waals surface area contributed by atoms with Crippen molar-refractivity contribution in [3.63, 3.8) is 0 Å². The summed E-state index contributed by atoms with van der Waals surface area (Å²) in [5, 5.41) is 14.0. The number of para-hydroxylation sites is 1. The van der Waals surface area contributed by atoms with Gasteiger partial charge < -0.3 is 9.73 Å². The number of fused-ring (bicyclic) bond motifs is 1. The standard InChI is InChI=1S/C20H14N2O4S/c1-12-6-7-13(10-16(12)22(24)25)17-9-8-14(26-17)11-19-20(23)21-15-4-2-3-5-18(15)27-19/h2-11H,1H3,(H,21,23)/b19-11-. The normalized spacial score (nSPS) is 14.7. The molecule has 1 aromatic heterocycles. The average Bonchev–Trinajstić information content (AvgIpc) is 3.11. The number of nitro benzene ring substituents is 1. The molecule has 2 aromatic carbocycles. The molecule has 1 aliphatic rings. The Hall–Kier alpha value is -3.32. The maximum absolute atomic E-state index is 12.3. The number of hydrogen-bond acceptors (Lipinski definition) is 5. The predicted octanol–water partition coefficient (Wildman–Crippen LogP) is 5.25. The van der Waals surface area contributed by atoms with E-state index in [0.29, 0.717) is 27.6 Å². The van der Waals surface area contributed by atoms with Crippen molar-refractivity contribution in [1.29, 1.82) is 0 Å². The molecule has 1 N–H and O–H groups in total. The maximum atomic E-state index is 12.3. The fraction of sp³-hybridized carbons (Fsp3) is 0.0500. The molecule has 0 bridgehead atoms. The van der Waals surface area contributed by atoms with Gasteiger partial charge in [-0.25, -0.2) is 0 Å². The highest BCUT2D eigenvalue weighted by Crippen LogP contribution is 2.39. The SMILES string of the molecule is Cc1ccc(-c2ccc(/C=C3\Sc4ccccc4NC3=O)o2)cc1[N+](=O)[O-]. The fourth-order valence-corrected chi connectivity index (χ4v) is 3.71. The summed E-state index contributed by atoms with van der Waals surface area (Å²) in [5.41, 5.74) is 2.04. The highest BCUT2D eigenvalue weighted by atomic mass is 32.2. The zero-order valence-electron chi connectivity index (χ0n) is 14.3. The van der Waals surface area contributed by atoms with Crippen molar-refractivity contribution >= 4 is 35.1 Å². The number of carbonyl (C=O) groups excluding carboxylic acids is 1. The smallest absolute Gasteiger partial charge is 0.273 e. The summed E-state index contributed by atoms with van der Waals surface area (Å²) in [4.78, 5) is 24.5. The summed E-state index contributed by atoms with van der Waals surface area (Å²) in [7, 11) is 0. The van der Waals surface area contributed by atoms with E-state index >= 15 is 0 Å². The molecule has 0 radical (unpaired) electrons. The van der Waals surface area contributed by atoms with Crippen LogP contribution in [-0.2, 0) is 4.79 Å². The quantitative estimate of drug-likeness (QED) is 0.382. The van der Waals surface area contributed by atoms with Crippen LogP contribution in [0.15, 0.2) is 68.8 Å². The molecule has 4 rings (SSSR count). The van der Waals surface area contributed by atoms with Crippen molar-refractivity contribution < 1.29 is 14.1 Å². The summed E-state index contributed by atoms with van der Waals surface area (Å²) in [5.74, 6) is 0.819. The highest BCUT2D eigenvalue weighted by molar-refractivity contribution is 8.04. The summed E-state index contributed by atoms with van der Waals surface area (Å²) in [6, 6.07) is 16.0. The molecule has 1 amide bonds. The largest absolute Gasteiger partial charge is 0.457 e. The first-order valence-corrected chi connectivity index (χ1v) is 8.98. The Bertz CT molecular complexity index is 1100. The van der Waals surface area contributed by atoms with Gasteiger partial charge >= 0.3 is 0 Å². The van der Waals surface area contributed by atoms with Crippen LogP contribution in [0, 0.1) is 17.0 Å². The third kappa shape index (κ3) is 3.37. The first-order valence-electron chi connectivity index (χ1n) is 8.16. The van der Waals surface area contributed by atoms with Crippen LogP contribution in [0.2, 0.25) is 0 Å². The summed E-state index contributed by atoms with van der Waals surface area (Å²) in [6.07, 6.45) is 1.67. The van der Waals surface area contributed by atoms with E-state index in [-0.39, 0.29) is 11.6 Å². The maximum Gasteiger partial charge on any atom is 0.273 e. The number of nitrogens with one attached hydrogen (secondary N) is 1. The first kappa shape index (κ1) is 17.1. The number of aryl methyl sites for hydroxylation is 1. The van der Waals surface area contributed by atoms with E-state index < -0.39 is 4.92 Å². The number of furan rings is 1. The van der Waals surface area contributed by atoms with Crippen molar-refractivity contribution in [2.24, 2.45) is 0 Å². The zero-order valence-corrected chi connectivity index (χ0v) is 15.1. The van der Waals surface area contributed by atoms with E-state index in [1.807, 2.05) is 24.3 Å². The molecule has 1 aliphatic heterocycles. The van der Waals surface area contributed by atoms with E-state index in [1.165, 1.54) is 17.8 Å². The molecule has 0 atom stereocenters. The van der Waals surface area contributed by atoms with Crippen LogP contribution in [0.3, 0.4) is 0 Å². The molecule has 134 valence electrons. The van der Waals surface area contributed by atoms with Crippen molar-refractivity contribution in [2.75, 3.05) is 5.32 Å². The van der Waals surface area contributed by atoms with E-state index in [9.17, 15) is 14.9 Å². The Labute approximate surface area is 159 Å². The van der Waals surface area contributed by atoms with Gasteiger partial charge in [0.05, 0.1) is 15.5 Å². The number of thioether (sulfide) groups is 1. The molecular formula is C20H14N2O4S. The second-order valence-electron chi connectivity index (χ2n) is 6.02. The van der Waals surface area contributed by atoms with Gasteiger partial charge in [0.15, 0.2) is 0 Å². The van der Waals surface area contributed by atoms with Crippen molar-refractivity contribution in [1.82, 2.24) is 0 Å². The van der Waals surface area contributed by atoms with Gasteiger partial charge in [0.25, 0.3) is 11.6 Å². The zero-order chi connectivity index (χ0) is 19.0. The molecule has 7 heteroatoms. The lowest BCUT2D eigenvalue weighted by atomic mass is 10.1. The summed E-state index contributed by atoms with van der Waals surface area (Å²) < 4.78 is 5.79. The number of carbonyl (C=O) groups is 1. The Morgan fingerprint density at radius 2 is 1.96 bits per heavy atom. The van der Waals surface area contributed by atoms with Gasteiger partial charge in [0, 0.05) is 28.2 Å². The first-order chi connectivity index (χ1) is 13.0. The number of benzene rings is 2.